The van der Waals surface area contributed by atoms with Gasteiger partial charge < -0.3 is 10.6 Å². The first kappa shape index (κ1) is 9.21. The Labute approximate surface area is 82.5 Å². The van der Waals surface area contributed by atoms with Gasteiger partial charge in [0, 0.05) is 13.2 Å². The lowest BCUT2D eigenvalue weighted by atomic mass is 10.2. The quantitative estimate of drug-likeness (QED) is 0.702. The topological polar surface area (TPSA) is 59.0 Å². The van der Waals surface area contributed by atoms with Gasteiger partial charge in [-0.25, -0.2) is 0 Å². The van der Waals surface area contributed by atoms with Gasteiger partial charge in [0.15, 0.2) is 0 Å². The van der Waals surface area contributed by atoms with Crippen molar-refractivity contribution in [2.24, 2.45) is 7.05 Å². The number of nitrogens with zero attached hydrogens (tertiary/aromatic N) is 2. The Morgan fingerprint density at radius 2 is 2.64 bits per heavy atom. The Morgan fingerprint density at radius 1 is 1.79 bits per heavy atom. The summed E-state index contributed by atoms with van der Waals surface area (Å²) in [4.78, 5) is 11.6. The predicted molar refractivity (Wildman–Crippen MR) is 52.9 cm³/mol. The average molecular weight is 194 g/mol. The molecule has 1 fully saturated rings. The van der Waals surface area contributed by atoms with E-state index in [0.29, 0.717) is 0 Å². The van der Waals surface area contributed by atoms with E-state index in [1.807, 2.05) is 7.05 Å². The van der Waals surface area contributed by atoms with Gasteiger partial charge in [0.1, 0.15) is 0 Å². The van der Waals surface area contributed by atoms with Crippen LogP contribution >= 0.6 is 0 Å². The lowest BCUT2D eigenvalue weighted by Gasteiger charge is -2.08. The van der Waals surface area contributed by atoms with Crippen molar-refractivity contribution in [2.45, 2.75) is 18.9 Å². The second-order valence-corrected chi connectivity index (χ2v) is 3.54. The van der Waals surface area contributed by atoms with Crippen LogP contribution in [0.2, 0.25) is 0 Å². The van der Waals surface area contributed by atoms with Crippen molar-refractivity contribution in [3.05, 3.63) is 12.4 Å². The van der Waals surface area contributed by atoms with E-state index in [2.05, 4.69) is 15.7 Å². The maximum absolute atomic E-state index is 11.6. The van der Waals surface area contributed by atoms with Crippen LogP contribution in [0.15, 0.2) is 12.4 Å². The Balaban J connectivity index is 1.93. The van der Waals surface area contributed by atoms with Crippen LogP contribution in [0.4, 0.5) is 5.69 Å². The average Bonchev–Trinajstić information content (AvgIpc) is 2.75. The predicted octanol–water partition coefficient (Wildman–Crippen LogP) is 0.111. The standard InChI is InChI=1S/C9H14N4O/c1-13-6-7(5-11-13)12-9(14)8-3-2-4-10-8/h5-6,8,10H,2-4H2,1H3,(H,12,14). The number of anilines is 1. The van der Waals surface area contributed by atoms with E-state index in [0.717, 1.165) is 25.1 Å². The zero-order valence-electron chi connectivity index (χ0n) is 8.16. The molecule has 1 atom stereocenters. The third-order valence-corrected chi connectivity index (χ3v) is 2.35. The number of carbonyl (C=O) groups excluding carboxylic acids is 1. The molecule has 1 aromatic rings. The fourth-order valence-electron chi connectivity index (χ4n) is 1.62. The lowest BCUT2D eigenvalue weighted by Crippen LogP contribution is -2.35. The monoisotopic (exact) mass is 194 g/mol. The minimum Gasteiger partial charge on any atom is -0.322 e. The molecule has 0 aromatic carbocycles. The van der Waals surface area contributed by atoms with Gasteiger partial charge in [-0.3, -0.25) is 9.48 Å². The van der Waals surface area contributed by atoms with E-state index < -0.39 is 0 Å². The van der Waals surface area contributed by atoms with Crippen LogP contribution in [0.5, 0.6) is 0 Å². The van der Waals surface area contributed by atoms with E-state index in [1.54, 1.807) is 17.1 Å². The van der Waals surface area contributed by atoms with E-state index in [9.17, 15) is 4.79 Å². The molecule has 1 amide bonds. The largest absolute Gasteiger partial charge is 0.322 e. The van der Waals surface area contributed by atoms with Crippen molar-refractivity contribution in [3.8, 4) is 0 Å². The second kappa shape index (κ2) is 3.79. The number of rotatable bonds is 2. The van der Waals surface area contributed by atoms with Crippen LogP contribution in [-0.2, 0) is 11.8 Å². The van der Waals surface area contributed by atoms with Gasteiger partial charge in [0.05, 0.1) is 17.9 Å². The molecule has 76 valence electrons. The maximum atomic E-state index is 11.6. The molecule has 0 bridgehead atoms. The number of aromatic nitrogens is 2. The first-order valence-corrected chi connectivity index (χ1v) is 4.78. The van der Waals surface area contributed by atoms with Crippen LogP contribution < -0.4 is 10.6 Å². The molecule has 2 heterocycles. The van der Waals surface area contributed by atoms with Gasteiger partial charge in [0.2, 0.25) is 5.91 Å². The highest BCUT2D eigenvalue weighted by Crippen LogP contribution is 2.09. The minimum absolute atomic E-state index is 0.0322. The van der Waals surface area contributed by atoms with E-state index in [4.69, 9.17) is 0 Å². The molecule has 0 radical (unpaired) electrons. The molecular formula is C9H14N4O. The Morgan fingerprint density at radius 3 is 3.21 bits per heavy atom. The Kier molecular flexibility index (Phi) is 2.49. The molecule has 0 spiro atoms. The summed E-state index contributed by atoms with van der Waals surface area (Å²) in [5.74, 6) is 0.0375. The molecule has 1 saturated heterocycles. The molecule has 1 aliphatic rings. The highest BCUT2D eigenvalue weighted by molar-refractivity contribution is 5.94. The van der Waals surface area contributed by atoms with Crippen LogP contribution in [-0.4, -0.2) is 28.3 Å². The number of hydrogen-bond donors (Lipinski definition) is 2. The fraction of sp³-hybridized carbons (Fsp3) is 0.556. The summed E-state index contributed by atoms with van der Waals surface area (Å²) in [6.45, 7) is 0.936. The highest BCUT2D eigenvalue weighted by Gasteiger charge is 2.21. The normalized spacial score (nSPS) is 21.1. The molecule has 1 aliphatic heterocycles. The van der Waals surface area contributed by atoms with E-state index in [1.165, 1.54) is 0 Å². The first-order valence-electron chi connectivity index (χ1n) is 4.78. The molecule has 1 aromatic heterocycles. The summed E-state index contributed by atoms with van der Waals surface area (Å²) in [5, 5.41) is 9.94. The Hall–Kier alpha value is -1.36. The maximum Gasteiger partial charge on any atom is 0.241 e. The third kappa shape index (κ3) is 1.93. The van der Waals surface area contributed by atoms with Crippen LogP contribution in [0.1, 0.15) is 12.8 Å². The fourth-order valence-corrected chi connectivity index (χ4v) is 1.62. The van der Waals surface area contributed by atoms with Crippen LogP contribution in [0.3, 0.4) is 0 Å². The second-order valence-electron chi connectivity index (χ2n) is 3.54. The van der Waals surface area contributed by atoms with Gasteiger partial charge in [-0.2, -0.15) is 5.10 Å². The van der Waals surface area contributed by atoms with Crippen molar-refractivity contribution in [2.75, 3.05) is 11.9 Å². The van der Waals surface area contributed by atoms with Crippen molar-refractivity contribution in [1.82, 2.24) is 15.1 Å². The van der Waals surface area contributed by atoms with Crippen molar-refractivity contribution >= 4 is 11.6 Å². The number of amides is 1. The van der Waals surface area contributed by atoms with E-state index in [-0.39, 0.29) is 11.9 Å². The first-order chi connectivity index (χ1) is 6.75. The molecular weight excluding hydrogens is 180 g/mol. The van der Waals surface area contributed by atoms with Gasteiger partial charge >= 0.3 is 0 Å². The molecule has 14 heavy (non-hydrogen) atoms. The van der Waals surface area contributed by atoms with Crippen LogP contribution in [0, 0.1) is 0 Å². The lowest BCUT2D eigenvalue weighted by molar-refractivity contribution is -0.117. The van der Waals surface area contributed by atoms with Crippen molar-refractivity contribution in [3.63, 3.8) is 0 Å². The summed E-state index contributed by atoms with van der Waals surface area (Å²) in [7, 11) is 1.82. The number of nitrogens with one attached hydrogen (secondary N) is 2. The van der Waals surface area contributed by atoms with E-state index >= 15 is 0 Å². The number of hydrogen-bond acceptors (Lipinski definition) is 3. The molecule has 5 heteroatoms. The minimum atomic E-state index is -0.0322. The molecule has 0 saturated carbocycles. The smallest absolute Gasteiger partial charge is 0.241 e. The summed E-state index contributed by atoms with van der Waals surface area (Å²) < 4.78 is 1.66. The Bertz CT molecular complexity index is 327. The van der Waals surface area contributed by atoms with Crippen molar-refractivity contribution in [1.29, 1.82) is 0 Å². The summed E-state index contributed by atoms with van der Waals surface area (Å²) >= 11 is 0. The molecule has 5 nitrogen and oxygen atoms in total. The van der Waals surface area contributed by atoms with Crippen LogP contribution in [0.25, 0.3) is 0 Å². The molecule has 2 rings (SSSR count). The number of carbonyl (C=O) groups is 1. The van der Waals surface area contributed by atoms with Gasteiger partial charge in [-0.1, -0.05) is 0 Å². The summed E-state index contributed by atoms with van der Waals surface area (Å²) in [6.07, 6.45) is 5.43. The van der Waals surface area contributed by atoms with Gasteiger partial charge in [-0.05, 0) is 19.4 Å². The molecule has 0 aliphatic carbocycles. The molecule has 2 N–H and O–H groups in total. The summed E-state index contributed by atoms with van der Waals surface area (Å²) in [6, 6.07) is -0.0322. The zero-order valence-corrected chi connectivity index (χ0v) is 8.16. The summed E-state index contributed by atoms with van der Waals surface area (Å²) in [5.41, 5.74) is 0.756. The van der Waals surface area contributed by atoms with Crippen molar-refractivity contribution < 1.29 is 4.79 Å². The number of aryl methyl sites for hydroxylation is 1. The van der Waals surface area contributed by atoms with Gasteiger partial charge in [0.25, 0.3) is 0 Å². The highest BCUT2D eigenvalue weighted by atomic mass is 16.2. The molecule has 1 unspecified atom stereocenters. The zero-order chi connectivity index (χ0) is 9.97. The third-order valence-electron chi connectivity index (χ3n) is 2.35. The van der Waals surface area contributed by atoms with Gasteiger partial charge in [-0.15, -0.1) is 0 Å². The SMILES string of the molecule is Cn1cc(NC(=O)C2CCCN2)cn1.